The molecule has 1 heterocycles. The van der Waals surface area contributed by atoms with Crippen molar-refractivity contribution in [1.29, 1.82) is 0 Å². The van der Waals surface area contributed by atoms with E-state index in [0.29, 0.717) is 6.54 Å². The molecule has 0 bridgehead atoms. The first-order valence-electron chi connectivity index (χ1n) is 5.59. The molecule has 2 rings (SSSR count). The fourth-order valence-corrected chi connectivity index (χ4v) is 1.91. The van der Waals surface area contributed by atoms with Gasteiger partial charge in [-0.3, -0.25) is 14.5 Å². The van der Waals surface area contributed by atoms with Crippen LogP contribution < -0.4 is 0 Å². The predicted molar refractivity (Wildman–Crippen MR) is 62.3 cm³/mol. The van der Waals surface area contributed by atoms with E-state index in [0.717, 1.165) is 5.56 Å². The molecule has 0 amide bonds. The summed E-state index contributed by atoms with van der Waals surface area (Å²) in [6.07, 6.45) is 0.268. The van der Waals surface area contributed by atoms with Gasteiger partial charge in [0, 0.05) is 6.42 Å². The molecule has 1 atom stereocenters. The summed E-state index contributed by atoms with van der Waals surface area (Å²) < 4.78 is 5.20. The van der Waals surface area contributed by atoms with E-state index in [1.54, 1.807) is 11.9 Å². The fraction of sp³-hybridized carbons (Fsp3) is 0.385. The number of hydrogen-bond donors (Lipinski definition) is 0. The van der Waals surface area contributed by atoms with Gasteiger partial charge in [0.15, 0.2) is 0 Å². The number of likely N-dealkylation sites (tertiary alicyclic amines) is 1. The highest BCUT2D eigenvalue weighted by Crippen LogP contribution is 2.14. The highest BCUT2D eigenvalue weighted by atomic mass is 16.5. The Kier molecular flexibility index (Phi) is 3.54. The van der Waals surface area contributed by atoms with Crippen LogP contribution in [0.25, 0.3) is 0 Å². The molecule has 17 heavy (non-hydrogen) atoms. The lowest BCUT2D eigenvalue weighted by Gasteiger charge is -2.16. The number of esters is 1. The van der Waals surface area contributed by atoms with Crippen LogP contribution in [0.15, 0.2) is 30.3 Å². The monoisotopic (exact) mass is 233 g/mol. The molecule has 1 fully saturated rings. The minimum atomic E-state index is -0.411. The van der Waals surface area contributed by atoms with Crippen molar-refractivity contribution in [3.63, 3.8) is 0 Å². The van der Waals surface area contributed by atoms with Gasteiger partial charge in [-0.1, -0.05) is 30.3 Å². The van der Waals surface area contributed by atoms with Crippen molar-refractivity contribution in [2.24, 2.45) is 0 Å². The number of Topliss-reactive ketones (excluding diaryl/α,β-unsaturated/α-hetero) is 1. The Bertz CT molecular complexity index is 416. The number of benzene rings is 1. The smallest absolute Gasteiger partial charge is 0.324 e. The molecule has 0 spiro atoms. The molecule has 1 aliphatic heterocycles. The third kappa shape index (κ3) is 2.91. The summed E-state index contributed by atoms with van der Waals surface area (Å²) in [5.74, 6) is -0.226. The number of nitrogens with zero attached hydrogens (tertiary/aromatic N) is 1. The summed E-state index contributed by atoms with van der Waals surface area (Å²) in [6.45, 7) is 0.601. The van der Waals surface area contributed by atoms with E-state index in [-0.39, 0.29) is 24.8 Å². The van der Waals surface area contributed by atoms with Gasteiger partial charge in [-0.15, -0.1) is 0 Å². The van der Waals surface area contributed by atoms with E-state index in [1.165, 1.54) is 0 Å². The average Bonchev–Trinajstić information content (AvgIpc) is 2.67. The molecular formula is C13H15NO3. The molecule has 1 saturated heterocycles. The highest BCUT2D eigenvalue weighted by molar-refractivity contribution is 5.91. The second-order valence-electron chi connectivity index (χ2n) is 4.27. The standard InChI is InChI=1S/C13H15NO3/c1-14-8-11(15)7-12(14)13(16)17-9-10-5-3-2-4-6-10/h2-6,12H,7-9H2,1H3. The summed E-state index contributed by atoms with van der Waals surface area (Å²) in [6, 6.07) is 9.09. The lowest BCUT2D eigenvalue weighted by molar-refractivity contribution is -0.150. The van der Waals surface area contributed by atoms with Gasteiger partial charge >= 0.3 is 5.97 Å². The first kappa shape index (κ1) is 11.8. The maximum atomic E-state index is 11.8. The van der Waals surface area contributed by atoms with Crippen LogP contribution in [0.1, 0.15) is 12.0 Å². The molecule has 4 nitrogen and oxygen atoms in total. The van der Waals surface area contributed by atoms with Crippen molar-refractivity contribution in [3.8, 4) is 0 Å². The van der Waals surface area contributed by atoms with Crippen LogP contribution in [0.5, 0.6) is 0 Å². The van der Waals surface area contributed by atoms with Gasteiger partial charge in [-0.25, -0.2) is 0 Å². The number of carbonyl (C=O) groups excluding carboxylic acids is 2. The Morgan fingerprint density at radius 3 is 2.71 bits per heavy atom. The summed E-state index contributed by atoms with van der Waals surface area (Å²) in [5, 5.41) is 0. The summed E-state index contributed by atoms with van der Waals surface area (Å²) in [7, 11) is 1.76. The van der Waals surface area contributed by atoms with Crippen molar-refractivity contribution in [2.75, 3.05) is 13.6 Å². The minimum absolute atomic E-state index is 0.0918. The number of ketones is 1. The van der Waals surface area contributed by atoms with Crippen LogP contribution in [0.4, 0.5) is 0 Å². The molecule has 0 aliphatic carbocycles. The summed E-state index contributed by atoms with van der Waals surface area (Å²) in [4.78, 5) is 24.7. The van der Waals surface area contributed by atoms with E-state index in [2.05, 4.69) is 0 Å². The number of rotatable bonds is 3. The molecule has 4 heteroatoms. The van der Waals surface area contributed by atoms with Crippen LogP contribution in [0.3, 0.4) is 0 Å². The molecule has 1 aliphatic rings. The Hall–Kier alpha value is -1.68. The van der Waals surface area contributed by atoms with Crippen LogP contribution >= 0.6 is 0 Å². The zero-order valence-electron chi connectivity index (χ0n) is 9.76. The maximum absolute atomic E-state index is 11.8. The minimum Gasteiger partial charge on any atom is -0.460 e. The third-order valence-corrected chi connectivity index (χ3v) is 2.87. The van der Waals surface area contributed by atoms with Crippen molar-refractivity contribution in [2.45, 2.75) is 19.1 Å². The van der Waals surface area contributed by atoms with Crippen LogP contribution in [0.2, 0.25) is 0 Å². The molecule has 1 unspecified atom stereocenters. The van der Waals surface area contributed by atoms with E-state index < -0.39 is 6.04 Å². The molecule has 90 valence electrons. The number of likely N-dealkylation sites (N-methyl/N-ethyl adjacent to an activating group) is 1. The SMILES string of the molecule is CN1CC(=O)CC1C(=O)OCc1ccccc1. The Morgan fingerprint density at radius 2 is 2.12 bits per heavy atom. The summed E-state index contributed by atoms with van der Waals surface area (Å²) >= 11 is 0. The molecule has 0 aromatic heterocycles. The molecular weight excluding hydrogens is 218 g/mol. The largest absolute Gasteiger partial charge is 0.460 e. The zero-order valence-corrected chi connectivity index (χ0v) is 9.76. The van der Waals surface area contributed by atoms with E-state index in [1.807, 2.05) is 30.3 Å². The van der Waals surface area contributed by atoms with Gasteiger partial charge < -0.3 is 4.74 Å². The van der Waals surface area contributed by atoms with Gasteiger partial charge in [0.05, 0.1) is 6.54 Å². The van der Waals surface area contributed by atoms with E-state index in [4.69, 9.17) is 4.74 Å². The number of carbonyl (C=O) groups is 2. The van der Waals surface area contributed by atoms with Crippen molar-refractivity contribution in [3.05, 3.63) is 35.9 Å². The second kappa shape index (κ2) is 5.10. The van der Waals surface area contributed by atoms with Gasteiger partial charge in [0.1, 0.15) is 18.4 Å². The first-order valence-corrected chi connectivity index (χ1v) is 5.59. The summed E-state index contributed by atoms with van der Waals surface area (Å²) in [5.41, 5.74) is 0.952. The topological polar surface area (TPSA) is 46.6 Å². The quantitative estimate of drug-likeness (QED) is 0.731. The van der Waals surface area contributed by atoms with E-state index in [9.17, 15) is 9.59 Å². The van der Waals surface area contributed by atoms with Crippen LogP contribution in [-0.4, -0.2) is 36.3 Å². The molecule has 1 aromatic carbocycles. The second-order valence-corrected chi connectivity index (χ2v) is 4.27. The molecule has 0 radical (unpaired) electrons. The fourth-order valence-electron chi connectivity index (χ4n) is 1.91. The van der Waals surface area contributed by atoms with Crippen molar-refractivity contribution >= 4 is 11.8 Å². The van der Waals surface area contributed by atoms with Crippen molar-refractivity contribution in [1.82, 2.24) is 4.90 Å². The Labute approximate surface area is 100 Å². The van der Waals surface area contributed by atoms with Crippen molar-refractivity contribution < 1.29 is 14.3 Å². The zero-order chi connectivity index (χ0) is 12.3. The molecule has 1 aromatic rings. The molecule has 0 saturated carbocycles. The third-order valence-electron chi connectivity index (χ3n) is 2.87. The van der Waals surface area contributed by atoms with E-state index >= 15 is 0 Å². The number of hydrogen-bond acceptors (Lipinski definition) is 4. The van der Waals surface area contributed by atoms with Gasteiger partial charge in [-0.2, -0.15) is 0 Å². The average molecular weight is 233 g/mol. The van der Waals surface area contributed by atoms with Gasteiger partial charge in [0.2, 0.25) is 0 Å². The predicted octanol–water partition coefficient (Wildman–Crippen LogP) is 1.00. The molecule has 0 N–H and O–H groups in total. The maximum Gasteiger partial charge on any atom is 0.324 e. The Morgan fingerprint density at radius 1 is 1.41 bits per heavy atom. The Balaban J connectivity index is 1.88. The number of ether oxygens (including phenoxy) is 1. The lowest BCUT2D eigenvalue weighted by atomic mass is 10.2. The van der Waals surface area contributed by atoms with Crippen LogP contribution in [0, 0.1) is 0 Å². The highest BCUT2D eigenvalue weighted by Gasteiger charge is 2.34. The normalized spacial score (nSPS) is 20.5. The van der Waals surface area contributed by atoms with Crippen LogP contribution in [-0.2, 0) is 20.9 Å². The lowest BCUT2D eigenvalue weighted by Crippen LogP contribution is -2.34. The first-order chi connectivity index (χ1) is 8.16. The van der Waals surface area contributed by atoms with Gasteiger partial charge in [0.25, 0.3) is 0 Å². The van der Waals surface area contributed by atoms with Gasteiger partial charge in [-0.05, 0) is 12.6 Å².